The number of ether oxygens (including phenoxy) is 2. The van der Waals surface area contributed by atoms with Crippen molar-refractivity contribution in [3.63, 3.8) is 0 Å². The number of amides is 1. The minimum atomic E-state index is -0.199. The molecule has 1 aromatic carbocycles. The number of anilines is 1. The molecule has 7 heteroatoms. The number of methoxy groups -OCH3 is 2. The Bertz CT molecular complexity index is 761. The van der Waals surface area contributed by atoms with Crippen LogP contribution in [-0.2, 0) is 11.3 Å². The van der Waals surface area contributed by atoms with Crippen LogP contribution >= 0.6 is 0 Å². The number of carbonyl (C=O) groups excluding carboxylic acids is 1. The molecular formula is C16H21N3O4. The molecule has 124 valence electrons. The van der Waals surface area contributed by atoms with Gasteiger partial charge in [0, 0.05) is 30.4 Å². The molecule has 1 aromatic heterocycles. The molecule has 7 nitrogen and oxygen atoms in total. The molecule has 2 rings (SSSR count). The lowest BCUT2D eigenvalue weighted by Gasteiger charge is -2.12. The zero-order valence-electron chi connectivity index (χ0n) is 13.7. The Morgan fingerprint density at radius 3 is 2.57 bits per heavy atom. The van der Waals surface area contributed by atoms with E-state index in [1.54, 1.807) is 29.9 Å². The average Bonchev–Trinajstić information content (AvgIpc) is 2.78. The van der Waals surface area contributed by atoms with Gasteiger partial charge < -0.3 is 19.8 Å². The zero-order chi connectivity index (χ0) is 17.0. The highest BCUT2D eigenvalue weighted by Crippen LogP contribution is 2.29. The van der Waals surface area contributed by atoms with Crippen LogP contribution in [0.25, 0.3) is 0 Å². The number of H-pyrrole nitrogens is 1. The molecule has 0 atom stereocenters. The van der Waals surface area contributed by atoms with Gasteiger partial charge in [0.1, 0.15) is 11.5 Å². The number of imidazole rings is 1. The van der Waals surface area contributed by atoms with E-state index in [9.17, 15) is 9.59 Å². The number of hydrogen-bond acceptors (Lipinski definition) is 4. The normalized spacial score (nSPS) is 10.4. The predicted molar refractivity (Wildman–Crippen MR) is 87.3 cm³/mol. The van der Waals surface area contributed by atoms with Gasteiger partial charge in [-0.25, -0.2) is 4.79 Å². The standard InChI is InChI=1S/C16H21N3O4/c1-10-11(2)19(16(21)17-10)8-7-15(20)18-13-6-5-12(22-3)9-14(13)23-4/h5-6,9H,7-8H2,1-4H3,(H,17,21)(H,18,20). The summed E-state index contributed by atoms with van der Waals surface area (Å²) in [5.41, 5.74) is 2.01. The molecule has 0 aliphatic heterocycles. The molecule has 0 fully saturated rings. The Balaban J connectivity index is 2.04. The van der Waals surface area contributed by atoms with Crippen LogP contribution in [0.3, 0.4) is 0 Å². The molecule has 1 amide bonds. The number of rotatable bonds is 6. The highest BCUT2D eigenvalue weighted by atomic mass is 16.5. The Morgan fingerprint density at radius 2 is 2.00 bits per heavy atom. The number of aromatic nitrogens is 2. The quantitative estimate of drug-likeness (QED) is 0.851. The van der Waals surface area contributed by atoms with E-state index in [4.69, 9.17) is 9.47 Å². The first kappa shape index (κ1) is 16.7. The van der Waals surface area contributed by atoms with Crippen molar-refractivity contribution in [3.8, 4) is 11.5 Å². The fourth-order valence-electron chi connectivity index (χ4n) is 2.27. The van der Waals surface area contributed by atoms with Gasteiger partial charge in [0.15, 0.2) is 0 Å². The van der Waals surface area contributed by atoms with Crippen molar-refractivity contribution in [1.82, 2.24) is 9.55 Å². The topological polar surface area (TPSA) is 85.4 Å². The summed E-state index contributed by atoms with van der Waals surface area (Å²) in [4.78, 5) is 26.6. The van der Waals surface area contributed by atoms with E-state index in [0.717, 1.165) is 11.4 Å². The van der Waals surface area contributed by atoms with Crippen molar-refractivity contribution in [3.05, 3.63) is 40.1 Å². The van der Waals surface area contributed by atoms with Crippen molar-refractivity contribution < 1.29 is 14.3 Å². The van der Waals surface area contributed by atoms with E-state index in [1.807, 2.05) is 13.8 Å². The van der Waals surface area contributed by atoms with Crippen LogP contribution in [0.5, 0.6) is 11.5 Å². The SMILES string of the molecule is COc1ccc(NC(=O)CCn2c(C)c(C)[nH]c2=O)c(OC)c1. The van der Waals surface area contributed by atoms with Crippen LogP contribution in [0.2, 0.25) is 0 Å². The lowest BCUT2D eigenvalue weighted by molar-refractivity contribution is -0.116. The molecule has 0 bridgehead atoms. The van der Waals surface area contributed by atoms with E-state index in [1.165, 1.54) is 7.11 Å². The van der Waals surface area contributed by atoms with Crippen LogP contribution < -0.4 is 20.5 Å². The van der Waals surface area contributed by atoms with Gasteiger partial charge in [0.25, 0.3) is 0 Å². The molecule has 0 aliphatic rings. The maximum Gasteiger partial charge on any atom is 0.325 e. The lowest BCUT2D eigenvalue weighted by Crippen LogP contribution is -2.22. The van der Waals surface area contributed by atoms with Gasteiger partial charge in [-0.05, 0) is 26.0 Å². The summed E-state index contributed by atoms with van der Waals surface area (Å²) in [6.07, 6.45) is 0.188. The maximum absolute atomic E-state index is 12.1. The van der Waals surface area contributed by atoms with Crippen molar-refractivity contribution in [2.75, 3.05) is 19.5 Å². The summed E-state index contributed by atoms with van der Waals surface area (Å²) in [7, 11) is 3.09. The smallest absolute Gasteiger partial charge is 0.325 e. The highest BCUT2D eigenvalue weighted by molar-refractivity contribution is 5.92. The van der Waals surface area contributed by atoms with Gasteiger partial charge in [-0.15, -0.1) is 0 Å². The van der Waals surface area contributed by atoms with Crippen LogP contribution in [0.4, 0.5) is 5.69 Å². The molecule has 0 saturated carbocycles. The minimum absolute atomic E-state index is 0.188. The Labute approximate surface area is 134 Å². The maximum atomic E-state index is 12.1. The largest absolute Gasteiger partial charge is 0.497 e. The van der Waals surface area contributed by atoms with Crippen molar-refractivity contribution >= 4 is 11.6 Å². The molecule has 0 spiro atoms. The third kappa shape index (κ3) is 3.74. The fourth-order valence-corrected chi connectivity index (χ4v) is 2.27. The number of hydrogen-bond donors (Lipinski definition) is 2. The first-order valence-corrected chi connectivity index (χ1v) is 7.24. The summed E-state index contributed by atoms with van der Waals surface area (Å²) in [5, 5.41) is 2.78. The van der Waals surface area contributed by atoms with Crippen molar-refractivity contribution in [2.45, 2.75) is 26.8 Å². The molecule has 0 aliphatic carbocycles. The molecular weight excluding hydrogens is 298 g/mol. The fraction of sp³-hybridized carbons (Fsp3) is 0.375. The average molecular weight is 319 g/mol. The van der Waals surface area contributed by atoms with E-state index >= 15 is 0 Å². The van der Waals surface area contributed by atoms with E-state index in [0.29, 0.717) is 23.7 Å². The van der Waals surface area contributed by atoms with Gasteiger partial charge in [-0.2, -0.15) is 0 Å². The highest BCUT2D eigenvalue weighted by Gasteiger charge is 2.11. The van der Waals surface area contributed by atoms with Gasteiger partial charge in [0.05, 0.1) is 19.9 Å². The van der Waals surface area contributed by atoms with Crippen LogP contribution in [0.1, 0.15) is 17.8 Å². The molecule has 2 aromatic rings. The van der Waals surface area contributed by atoms with Crippen molar-refractivity contribution in [1.29, 1.82) is 0 Å². The summed E-state index contributed by atoms with van der Waals surface area (Å²) in [6, 6.07) is 5.15. The number of carbonyl (C=O) groups is 1. The first-order chi connectivity index (χ1) is 11.0. The van der Waals surface area contributed by atoms with Gasteiger partial charge in [-0.1, -0.05) is 0 Å². The van der Waals surface area contributed by atoms with Crippen LogP contribution in [0.15, 0.2) is 23.0 Å². The third-order valence-electron chi connectivity index (χ3n) is 3.73. The molecule has 0 radical (unpaired) electrons. The first-order valence-electron chi connectivity index (χ1n) is 7.24. The summed E-state index contributed by atoms with van der Waals surface area (Å²) in [5.74, 6) is 0.965. The number of nitrogens with zero attached hydrogens (tertiary/aromatic N) is 1. The monoisotopic (exact) mass is 319 g/mol. The van der Waals surface area contributed by atoms with Crippen LogP contribution in [-0.4, -0.2) is 29.7 Å². The predicted octanol–water partition coefficient (Wildman–Crippen LogP) is 1.84. The lowest BCUT2D eigenvalue weighted by atomic mass is 10.2. The molecule has 0 saturated heterocycles. The minimum Gasteiger partial charge on any atom is -0.497 e. The van der Waals surface area contributed by atoms with Gasteiger partial charge in [0.2, 0.25) is 5.91 Å². The second-order valence-electron chi connectivity index (χ2n) is 5.16. The van der Waals surface area contributed by atoms with Gasteiger partial charge in [-0.3, -0.25) is 9.36 Å². The summed E-state index contributed by atoms with van der Waals surface area (Å²) < 4.78 is 11.9. The van der Waals surface area contributed by atoms with E-state index in [-0.39, 0.29) is 18.0 Å². The number of aryl methyl sites for hydroxylation is 1. The molecule has 1 heterocycles. The Morgan fingerprint density at radius 1 is 1.26 bits per heavy atom. The van der Waals surface area contributed by atoms with E-state index in [2.05, 4.69) is 10.3 Å². The molecule has 2 N–H and O–H groups in total. The number of benzene rings is 1. The second-order valence-corrected chi connectivity index (χ2v) is 5.16. The van der Waals surface area contributed by atoms with E-state index < -0.39 is 0 Å². The Hall–Kier alpha value is -2.70. The molecule has 23 heavy (non-hydrogen) atoms. The number of nitrogens with one attached hydrogen (secondary N) is 2. The zero-order valence-corrected chi connectivity index (χ0v) is 13.7. The van der Waals surface area contributed by atoms with Gasteiger partial charge >= 0.3 is 5.69 Å². The number of aromatic amines is 1. The van der Waals surface area contributed by atoms with Crippen LogP contribution in [0, 0.1) is 13.8 Å². The Kier molecular flexibility index (Phi) is 5.10. The third-order valence-corrected chi connectivity index (χ3v) is 3.73. The summed E-state index contributed by atoms with van der Waals surface area (Å²) >= 11 is 0. The molecule has 0 unspecified atom stereocenters. The van der Waals surface area contributed by atoms with Crippen molar-refractivity contribution in [2.24, 2.45) is 0 Å². The summed E-state index contributed by atoms with van der Waals surface area (Å²) in [6.45, 7) is 3.99. The second kappa shape index (κ2) is 7.04.